The highest BCUT2D eigenvalue weighted by Crippen LogP contribution is 2.30. The van der Waals surface area contributed by atoms with Crippen molar-refractivity contribution in [1.82, 2.24) is 25.4 Å². The summed E-state index contributed by atoms with van der Waals surface area (Å²) in [6, 6.07) is 8.52. The molecule has 0 saturated carbocycles. The number of aromatic nitrogens is 3. The molecule has 0 spiro atoms. The fourth-order valence-electron chi connectivity index (χ4n) is 4.21. The molecule has 8 heteroatoms. The Morgan fingerprint density at radius 3 is 2.97 bits per heavy atom. The minimum Gasteiger partial charge on any atom is -0.495 e. The van der Waals surface area contributed by atoms with Gasteiger partial charge in [-0.2, -0.15) is 0 Å². The fourth-order valence-corrected chi connectivity index (χ4v) is 4.21. The van der Waals surface area contributed by atoms with Crippen LogP contribution in [0.3, 0.4) is 0 Å². The van der Waals surface area contributed by atoms with Crippen LogP contribution in [0.5, 0.6) is 5.75 Å². The minimum atomic E-state index is 0.335. The highest BCUT2D eigenvalue weighted by atomic mass is 16.5. The first-order valence-electron chi connectivity index (χ1n) is 10.5. The minimum absolute atomic E-state index is 0.335. The topological polar surface area (TPSA) is 79.6 Å². The Bertz CT molecular complexity index is 847. The van der Waals surface area contributed by atoms with Gasteiger partial charge in [0.2, 0.25) is 0 Å². The lowest BCUT2D eigenvalue weighted by molar-refractivity contribution is 0.415. The number of aliphatic imine (C=N–C) groups is 1. The summed E-state index contributed by atoms with van der Waals surface area (Å²) >= 11 is 0. The van der Waals surface area contributed by atoms with Crippen molar-refractivity contribution in [2.24, 2.45) is 4.99 Å². The molecule has 0 amide bonds. The molecule has 8 nitrogen and oxygen atoms in total. The van der Waals surface area contributed by atoms with Crippen LogP contribution in [0.15, 0.2) is 29.3 Å². The van der Waals surface area contributed by atoms with Gasteiger partial charge in [-0.15, -0.1) is 10.2 Å². The second kappa shape index (κ2) is 9.15. The van der Waals surface area contributed by atoms with Gasteiger partial charge in [-0.3, -0.25) is 4.99 Å². The number of guanidine groups is 1. The number of nitrogens with zero attached hydrogens (tertiary/aromatic N) is 5. The van der Waals surface area contributed by atoms with Gasteiger partial charge in [0.1, 0.15) is 11.6 Å². The molecule has 2 aliphatic rings. The van der Waals surface area contributed by atoms with Gasteiger partial charge >= 0.3 is 0 Å². The van der Waals surface area contributed by atoms with Crippen LogP contribution in [0, 0.1) is 0 Å². The van der Waals surface area contributed by atoms with E-state index in [1.807, 2.05) is 19.2 Å². The van der Waals surface area contributed by atoms with Gasteiger partial charge in [-0.05, 0) is 31.4 Å². The van der Waals surface area contributed by atoms with Crippen molar-refractivity contribution in [1.29, 1.82) is 0 Å². The monoisotopic (exact) mass is 397 g/mol. The van der Waals surface area contributed by atoms with Crippen molar-refractivity contribution in [2.75, 3.05) is 32.1 Å². The van der Waals surface area contributed by atoms with Crippen LogP contribution in [-0.4, -0.2) is 54.0 Å². The first-order chi connectivity index (χ1) is 14.3. The molecule has 3 heterocycles. The molecule has 1 unspecified atom stereocenters. The van der Waals surface area contributed by atoms with Gasteiger partial charge in [0, 0.05) is 39.1 Å². The molecule has 2 aliphatic heterocycles. The van der Waals surface area contributed by atoms with Gasteiger partial charge < -0.3 is 24.8 Å². The van der Waals surface area contributed by atoms with Crippen LogP contribution in [0.1, 0.15) is 37.3 Å². The molecule has 1 aromatic heterocycles. The summed E-state index contributed by atoms with van der Waals surface area (Å²) in [5.74, 6) is 3.84. The van der Waals surface area contributed by atoms with E-state index in [-0.39, 0.29) is 0 Å². The lowest BCUT2D eigenvalue weighted by atomic mass is 10.2. The van der Waals surface area contributed by atoms with E-state index >= 15 is 0 Å². The Hall–Kier alpha value is -2.77. The van der Waals surface area contributed by atoms with Gasteiger partial charge in [-0.1, -0.05) is 18.6 Å². The number of hydrogen-bond donors (Lipinski definition) is 2. The van der Waals surface area contributed by atoms with Crippen molar-refractivity contribution in [3.63, 3.8) is 0 Å². The second-order valence-corrected chi connectivity index (χ2v) is 7.67. The van der Waals surface area contributed by atoms with Crippen LogP contribution in [0.2, 0.25) is 0 Å². The number of hydrogen-bond acceptors (Lipinski definition) is 5. The van der Waals surface area contributed by atoms with Gasteiger partial charge in [0.25, 0.3) is 0 Å². The molecule has 4 rings (SSSR count). The third-order valence-corrected chi connectivity index (χ3v) is 5.78. The first-order valence-corrected chi connectivity index (χ1v) is 10.5. The summed E-state index contributed by atoms with van der Waals surface area (Å²) in [5, 5.41) is 15.7. The Balaban J connectivity index is 1.33. The molecule has 1 saturated heterocycles. The number of nitrogens with one attached hydrogen (secondary N) is 2. The number of ether oxygens (including phenoxy) is 1. The van der Waals surface area contributed by atoms with Crippen LogP contribution >= 0.6 is 0 Å². The number of methoxy groups -OCH3 is 1. The van der Waals surface area contributed by atoms with Gasteiger partial charge in [-0.25, -0.2) is 0 Å². The number of fused-ring (bicyclic) bond motifs is 1. The maximum atomic E-state index is 5.52. The van der Waals surface area contributed by atoms with Crippen LogP contribution in [-0.2, 0) is 19.5 Å². The molecular weight excluding hydrogens is 366 g/mol. The summed E-state index contributed by atoms with van der Waals surface area (Å²) < 4.78 is 7.79. The van der Waals surface area contributed by atoms with Gasteiger partial charge in [0.05, 0.1) is 19.3 Å². The Labute approximate surface area is 172 Å². The third kappa shape index (κ3) is 4.46. The normalized spacial score (nSPS) is 19.6. The van der Waals surface area contributed by atoms with E-state index in [4.69, 9.17) is 4.74 Å². The van der Waals surface area contributed by atoms with Gasteiger partial charge in [0.15, 0.2) is 11.8 Å². The van der Waals surface area contributed by atoms with Crippen molar-refractivity contribution in [3.8, 4) is 5.75 Å². The number of benzene rings is 1. The molecule has 0 bridgehead atoms. The smallest absolute Gasteiger partial charge is 0.191 e. The number of para-hydroxylation sites is 2. The van der Waals surface area contributed by atoms with Crippen molar-refractivity contribution in [2.45, 2.75) is 51.2 Å². The average Bonchev–Trinajstić information content (AvgIpc) is 3.31. The van der Waals surface area contributed by atoms with Crippen molar-refractivity contribution < 1.29 is 4.74 Å². The predicted octanol–water partition coefficient (Wildman–Crippen LogP) is 1.96. The third-order valence-electron chi connectivity index (χ3n) is 5.78. The molecule has 1 aromatic carbocycles. The molecule has 0 aliphatic carbocycles. The van der Waals surface area contributed by atoms with Crippen molar-refractivity contribution >= 4 is 11.6 Å². The molecule has 1 atom stereocenters. The fraction of sp³-hybridized carbons (Fsp3) is 0.571. The molecular formula is C21H31N7O. The summed E-state index contributed by atoms with van der Waals surface area (Å²) in [5.41, 5.74) is 1.15. The SMILES string of the molecule is CN=C(NCc1nnc2n1CCCCC2)NC1CCN(c2ccccc2OC)C1. The van der Waals surface area contributed by atoms with E-state index in [1.54, 1.807) is 7.11 Å². The number of rotatable bonds is 5. The Morgan fingerprint density at radius 1 is 1.21 bits per heavy atom. The molecule has 1 fully saturated rings. The van der Waals surface area contributed by atoms with E-state index in [9.17, 15) is 0 Å². The largest absolute Gasteiger partial charge is 0.495 e. The summed E-state index contributed by atoms with van der Waals surface area (Å²) in [7, 11) is 3.54. The molecule has 156 valence electrons. The van der Waals surface area contributed by atoms with E-state index in [1.165, 1.54) is 19.3 Å². The number of anilines is 1. The maximum absolute atomic E-state index is 5.52. The average molecular weight is 398 g/mol. The maximum Gasteiger partial charge on any atom is 0.191 e. The van der Waals surface area contributed by atoms with E-state index < -0.39 is 0 Å². The summed E-state index contributed by atoms with van der Waals surface area (Å²) in [4.78, 5) is 6.77. The highest BCUT2D eigenvalue weighted by Gasteiger charge is 2.25. The van der Waals surface area contributed by atoms with Crippen LogP contribution in [0.4, 0.5) is 5.69 Å². The number of aryl methyl sites for hydroxylation is 1. The summed E-state index contributed by atoms with van der Waals surface area (Å²) in [6.45, 7) is 3.56. The van der Waals surface area contributed by atoms with E-state index in [0.29, 0.717) is 12.6 Å². The zero-order valence-corrected chi connectivity index (χ0v) is 17.4. The highest BCUT2D eigenvalue weighted by molar-refractivity contribution is 5.80. The Morgan fingerprint density at radius 2 is 2.10 bits per heavy atom. The Kier molecular flexibility index (Phi) is 6.17. The quantitative estimate of drug-likeness (QED) is 0.593. The van der Waals surface area contributed by atoms with Crippen LogP contribution < -0.4 is 20.3 Å². The summed E-state index contributed by atoms with van der Waals surface area (Å²) in [6.07, 6.45) is 5.76. The first kappa shape index (κ1) is 19.5. The molecule has 0 radical (unpaired) electrons. The van der Waals surface area contributed by atoms with E-state index in [2.05, 4.69) is 47.4 Å². The molecule has 29 heavy (non-hydrogen) atoms. The zero-order chi connectivity index (χ0) is 20.1. The molecule has 2 N–H and O–H groups in total. The molecule has 2 aromatic rings. The zero-order valence-electron chi connectivity index (χ0n) is 17.4. The second-order valence-electron chi connectivity index (χ2n) is 7.67. The van der Waals surface area contributed by atoms with Crippen molar-refractivity contribution in [3.05, 3.63) is 35.9 Å². The lowest BCUT2D eigenvalue weighted by Gasteiger charge is -2.22. The van der Waals surface area contributed by atoms with Crippen LogP contribution in [0.25, 0.3) is 0 Å². The standard InChI is InChI=1S/C21H31N7O/c1-22-21(23-14-20-26-25-19-10-4-3-7-12-28(19)20)24-16-11-13-27(15-16)17-8-5-6-9-18(17)29-2/h5-6,8-9,16H,3-4,7,10-15H2,1-2H3,(H2,22,23,24). The predicted molar refractivity (Wildman–Crippen MR) is 115 cm³/mol. The van der Waals surface area contributed by atoms with E-state index in [0.717, 1.165) is 61.5 Å². The lowest BCUT2D eigenvalue weighted by Crippen LogP contribution is -2.44.